The second kappa shape index (κ2) is 5.38. The van der Waals surface area contributed by atoms with Crippen LogP contribution in [0.5, 0.6) is 11.5 Å². The highest BCUT2D eigenvalue weighted by Gasteiger charge is 2.06. The van der Waals surface area contributed by atoms with Gasteiger partial charge in [-0.05, 0) is 48.4 Å². The van der Waals surface area contributed by atoms with Crippen molar-refractivity contribution in [2.24, 2.45) is 0 Å². The van der Waals surface area contributed by atoms with E-state index < -0.39 is 0 Å². The number of rotatable bonds is 3. The molecule has 4 heteroatoms. The number of halogens is 2. The predicted octanol–water partition coefficient (Wildman–Crippen LogP) is 4.07. The average molecular weight is 267 g/mol. The molecule has 0 amide bonds. The first-order chi connectivity index (χ1) is 8.60. The van der Waals surface area contributed by atoms with Gasteiger partial charge in [-0.15, -0.1) is 0 Å². The third kappa shape index (κ3) is 2.81. The van der Waals surface area contributed by atoms with Gasteiger partial charge in [0.15, 0.2) is 0 Å². The highest BCUT2D eigenvalue weighted by molar-refractivity contribution is 6.32. The van der Waals surface area contributed by atoms with Gasteiger partial charge < -0.3 is 9.84 Å². The molecule has 2 nitrogen and oxygen atoms in total. The molecule has 18 heavy (non-hydrogen) atoms. The van der Waals surface area contributed by atoms with Crippen molar-refractivity contribution in [3.63, 3.8) is 0 Å². The van der Waals surface area contributed by atoms with Gasteiger partial charge in [0.25, 0.3) is 0 Å². The summed E-state index contributed by atoms with van der Waals surface area (Å²) in [6.45, 7) is 1.59. The lowest BCUT2D eigenvalue weighted by atomic mass is 10.2. The maximum Gasteiger partial charge on any atom is 0.146 e. The van der Waals surface area contributed by atoms with Gasteiger partial charge >= 0.3 is 0 Å². The Kier molecular flexibility index (Phi) is 3.84. The van der Waals surface area contributed by atoms with Crippen LogP contribution >= 0.6 is 11.6 Å². The van der Waals surface area contributed by atoms with Crippen LogP contribution in [0.25, 0.3) is 0 Å². The molecular weight excluding hydrogens is 255 g/mol. The Morgan fingerprint density at radius 3 is 2.61 bits per heavy atom. The smallest absolute Gasteiger partial charge is 0.146 e. The van der Waals surface area contributed by atoms with E-state index in [9.17, 15) is 4.39 Å². The molecular formula is C14H12ClFO2. The molecule has 0 unspecified atom stereocenters. The van der Waals surface area contributed by atoms with E-state index in [-0.39, 0.29) is 12.4 Å². The standard InChI is InChI=1S/C14H12ClFO2/c1-9-6-11(3-4-13(9)16)18-14-5-2-10(8-17)7-12(14)15/h2-7,17H,8H2,1H3. The molecule has 0 aromatic heterocycles. The fourth-order valence-corrected chi connectivity index (χ4v) is 1.77. The van der Waals surface area contributed by atoms with E-state index in [1.165, 1.54) is 6.07 Å². The largest absolute Gasteiger partial charge is 0.456 e. The summed E-state index contributed by atoms with van der Waals surface area (Å²) < 4.78 is 18.7. The van der Waals surface area contributed by atoms with Crippen LogP contribution in [-0.2, 0) is 6.61 Å². The van der Waals surface area contributed by atoms with Crippen molar-refractivity contribution in [2.45, 2.75) is 13.5 Å². The SMILES string of the molecule is Cc1cc(Oc2ccc(CO)cc2Cl)ccc1F. The van der Waals surface area contributed by atoms with Gasteiger partial charge in [0.05, 0.1) is 11.6 Å². The molecule has 2 aromatic rings. The third-order valence-electron chi connectivity index (χ3n) is 2.54. The first-order valence-corrected chi connectivity index (χ1v) is 5.81. The molecule has 0 atom stereocenters. The second-order valence-corrected chi connectivity index (χ2v) is 4.34. The van der Waals surface area contributed by atoms with Gasteiger partial charge in [0.2, 0.25) is 0 Å². The molecule has 0 saturated heterocycles. The van der Waals surface area contributed by atoms with Crippen LogP contribution in [0.2, 0.25) is 5.02 Å². The Balaban J connectivity index is 2.25. The van der Waals surface area contributed by atoms with Gasteiger partial charge in [-0.1, -0.05) is 17.7 Å². The van der Waals surface area contributed by atoms with Crippen LogP contribution in [-0.4, -0.2) is 5.11 Å². The Hall–Kier alpha value is -1.58. The Morgan fingerprint density at radius 1 is 1.22 bits per heavy atom. The number of aliphatic hydroxyl groups is 1. The number of ether oxygens (including phenoxy) is 1. The highest BCUT2D eigenvalue weighted by atomic mass is 35.5. The van der Waals surface area contributed by atoms with Crippen molar-refractivity contribution in [3.8, 4) is 11.5 Å². The van der Waals surface area contributed by atoms with E-state index in [2.05, 4.69) is 0 Å². The van der Waals surface area contributed by atoms with Crippen molar-refractivity contribution >= 4 is 11.6 Å². The van der Waals surface area contributed by atoms with Crippen molar-refractivity contribution in [1.29, 1.82) is 0 Å². The molecule has 2 rings (SSSR count). The minimum Gasteiger partial charge on any atom is -0.456 e. The fourth-order valence-electron chi connectivity index (χ4n) is 1.53. The van der Waals surface area contributed by atoms with Crippen LogP contribution < -0.4 is 4.74 Å². The summed E-state index contributed by atoms with van der Waals surface area (Å²) in [6, 6.07) is 9.52. The molecule has 2 aromatic carbocycles. The molecule has 0 fully saturated rings. The molecule has 1 N–H and O–H groups in total. The summed E-state index contributed by atoms with van der Waals surface area (Å²) in [7, 11) is 0. The number of aliphatic hydroxyl groups excluding tert-OH is 1. The zero-order valence-electron chi connectivity index (χ0n) is 9.78. The highest BCUT2D eigenvalue weighted by Crippen LogP contribution is 2.30. The predicted molar refractivity (Wildman–Crippen MR) is 68.6 cm³/mol. The number of benzene rings is 2. The van der Waals surface area contributed by atoms with Crippen molar-refractivity contribution < 1.29 is 14.2 Å². The molecule has 0 radical (unpaired) electrons. The van der Waals surface area contributed by atoms with E-state index in [4.69, 9.17) is 21.4 Å². The summed E-state index contributed by atoms with van der Waals surface area (Å²) >= 11 is 6.02. The summed E-state index contributed by atoms with van der Waals surface area (Å²) in [6.07, 6.45) is 0. The monoisotopic (exact) mass is 266 g/mol. The average Bonchev–Trinajstić information content (AvgIpc) is 2.36. The van der Waals surface area contributed by atoms with E-state index in [1.54, 1.807) is 37.3 Å². The van der Waals surface area contributed by atoms with Gasteiger partial charge in [-0.25, -0.2) is 4.39 Å². The van der Waals surface area contributed by atoms with E-state index >= 15 is 0 Å². The van der Waals surface area contributed by atoms with Gasteiger partial charge in [-0.3, -0.25) is 0 Å². The van der Waals surface area contributed by atoms with Crippen LogP contribution in [0.3, 0.4) is 0 Å². The van der Waals surface area contributed by atoms with E-state index in [1.807, 2.05) is 0 Å². The zero-order valence-corrected chi connectivity index (χ0v) is 10.5. The lowest BCUT2D eigenvalue weighted by Crippen LogP contribution is -1.90. The van der Waals surface area contributed by atoms with Crippen LogP contribution in [0.15, 0.2) is 36.4 Å². The lowest BCUT2D eigenvalue weighted by molar-refractivity contribution is 0.281. The minimum absolute atomic E-state index is 0.0738. The number of aryl methyl sites for hydroxylation is 1. The van der Waals surface area contributed by atoms with Gasteiger partial charge in [0.1, 0.15) is 17.3 Å². The van der Waals surface area contributed by atoms with Crippen LogP contribution in [0.1, 0.15) is 11.1 Å². The summed E-state index contributed by atoms with van der Waals surface area (Å²) in [4.78, 5) is 0. The number of hydrogen-bond acceptors (Lipinski definition) is 2. The molecule has 0 aliphatic carbocycles. The van der Waals surface area contributed by atoms with Crippen molar-refractivity contribution in [2.75, 3.05) is 0 Å². The maximum atomic E-state index is 13.1. The van der Waals surface area contributed by atoms with Crippen LogP contribution in [0, 0.1) is 12.7 Å². The molecule has 0 aliphatic heterocycles. The second-order valence-electron chi connectivity index (χ2n) is 3.94. The number of hydrogen-bond donors (Lipinski definition) is 1. The van der Waals surface area contributed by atoms with E-state index in [0.717, 1.165) is 0 Å². The van der Waals surface area contributed by atoms with E-state index in [0.29, 0.717) is 27.6 Å². The van der Waals surface area contributed by atoms with Crippen molar-refractivity contribution in [1.82, 2.24) is 0 Å². The van der Waals surface area contributed by atoms with Gasteiger partial charge in [-0.2, -0.15) is 0 Å². The fraction of sp³-hybridized carbons (Fsp3) is 0.143. The quantitative estimate of drug-likeness (QED) is 0.907. The first kappa shape index (κ1) is 12.9. The maximum absolute atomic E-state index is 13.1. The molecule has 94 valence electrons. The molecule has 0 saturated carbocycles. The Morgan fingerprint density at radius 2 is 2.00 bits per heavy atom. The van der Waals surface area contributed by atoms with Gasteiger partial charge in [0, 0.05) is 0 Å². The zero-order chi connectivity index (χ0) is 13.1. The van der Waals surface area contributed by atoms with Crippen LogP contribution in [0.4, 0.5) is 4.39 Å². The minimum atomic E-state index is -0.274. The third-order valence-corrected chi connectivity index (χ3v) is 2.83. The Labute approximate surface area is 110 Å². The summed E-state index contributed by atoms with van der Waals surface area (Å²) in [5, 5.41) is 9.37. The topological polar surface area (TPSA) is 29.5 Å². The summed E-state index contributed by atoms with van der Waals surface area (Å²) in [5.74, 6) is 0.719. The Bertz CT molecular complexity index is 570. The summed E-state index contributed by atoms with van der Waals surface area (Å²) in [5.41, 5.74) is 1.22. The molecule has 0 aliphatic rings. The molecule has 0 bridgehead atoms. The molecule has 0 spiro atoms. The molecule has 0 heterocycles. The van der Waals surface area contributed by atoms with Crippen molar-refractivity contribution in [3.05, 3.63) is 58.4 Å². The lowest BCUT2D eigenvalue weighted by Gasteiger charge is -2.09. The first-order valence-electron chi connectivity index (χ1n) is 5.43. The normalized spacial score (nSPS) is 10.4.